The molecule has 1 aliphatic carbocycles. The molecule has 2 aliphatic rings. The quantitative estimate of drug-likeness (QED) is 0.440. The third-order valence-corrected chi connectivity index (χ3v) is 6.20. The molecular formula is C27H28N6O5. The van der Waals surface area contributed by atoms with E-state index in [1.54, 1.807) is 29.9 Å². The molecule has 1 atom stereocenters. The molecule has 1 unspecified atom stereocenters. The van der Waals surface area contributed by atoms with E-state index < -0.39 is 0 Å². The maximum Gasteiger partial charge on any atom is 0.253 e. The SMILES string of the molecule is C=C(c1cc(CO)on1)n1nc(OCc2ccc(C(=O)NC3CCOC3)cn2)c2c(/c1=N/C)=CCC=CC=2. The van der Waals surface area contributed by atoms with Gasteiger partial charge in [0.05, 0.1) is 29.6 Å². The van der Waals surface area contributed by atoms with Crippen molar-refractivity contribution in [3.8, 4) is 5.88 Å². The van der Waals surface area contributed by atoms with Gasteiger partial charge in [-0.15, -0.1) is 5.10 Å². The summed E-state index contributed by atoms with van der Waals surface area (Å²) in [6.45, 7) is 5.17. The lowest BCUT2D eigenvalue weighted by atomic mass is 10.2. The Hall–Kier alpha value is -4.35. The van der Waals surface area contributed by atoms with Crippen LogP contribution >= 0.6 is 0 Å². The highest BCUT2D eigenvalue weighted by Crippen LogP contribution is 2.14. The Kier molecular flexibility index (Phi) is 7.57. The number of allylic oxidation sites excluding steroid dienone is 2. The van der Waals surface area contributed by atoms with Gasteiger partial charge in [-0.2, -0.15) is 0 Å². The number of carbonyl (C=O) groups is 1. The lowest BCUT2D eigenvalue weighted by Crippen LogP contribution is -2.47. The molecule has 1 saturated heterocycles. The number of pyridine rings is 1. The zero-order valence-electron chi connectivity index (χ0n) is 21.0. The van der Waals surface area contributed by atoms with Gasteiger partial charge in [-0.25, -0.2) is 4.68 Å². The molecule has 0 spiro atoms. The minimum absolute atomic E-state index is 0.0284. The third-order valence-electron chi connectivity index (χ3n) is 6.20. The van der Waals surface area contributed by atoms with Gasteiger partial charge in [-0.05, 0) is 31.1 Å². The predicted molar refractivity (Wildman–Crippen MR) is 138 cm³/mol. The number of nitrogens with one attached hydrogen (secondary N) is 1. The van der Waals surface area contributed by atoms with E-state index in [0.717, 1.165) is 16.9 Å². The van der Waals surface area contributed by atoms with E-state index in [-0.39, 0.29) is 25.2 Å². The van der Waals surface area contributed by atoms with Crippen molar-refractivity contribution in [2.75, 3.05) is 20.3 Å². The van der Waals surface area contributed by atoms with Crippen molar-refractivity contribution in [3.63, 3.8) is 0 Å². The first-order chi connectivity index (χ1) is 18.6. The van der Waals surface area contributed by atoms with Crippen LogP contribution in [0.25, 0.3) is 17.8 Å². The maximum absolute atomic E-state index is 12.5. The Balaban J connectivity index is 1.42. The molecule has 11 nitrogen and oxygen atoms in total. The number of amides is 1. The van der Waals surface area contributed by atoms with E-state index in [4.69, 9.17) is 19.1 Å². The van der Waals surface area contributed by atoms with Crippen molar-refractivity contribution < 1.29 is 23.9 Å². The summed E-state index contributed by atoms with van der Waals surface area (Å²) in [4.78, 5) is 21.3. The van der Waals surface area contributed by atoms with E-state index in [1.165, 1.54) is 6.20 Å². The van der Waals surface area contributed by atoms with E-state index in [1.807, 2.05) is 24.3 Å². The van der Waals surface area contributed by atoms with Crippen molar-refractivity contribution in [1.82, 2.24) is 25.2 Å². The van der Waals surface area contributed by atoms with Gasteiger partial charge < -0.3 is 24.4 Å². The number of aliphatic hydroxyl groups is 1. The number of hydrogen-bond acceptors (Lipinski definition) is 9. The molecule has 1 aliphatic heterocycles. The molecule has 0 radical (unpaired) electrons. The fourth-order valence-electron chi connectivity index (χ4n) is 4.18. The molecule has 4 heterocycles. The lowest BCUT2D eigenvalue weighted by molar-refractivity contribution is 0.0929. The molecule has 11 heteroatoms. The van der Waals surface area contributed by atoms with Crippen LogP contribution in [0.2, 0.25) is 0 Å². The Labute approximate surface area is 218 Å². The molecule has 1 amide bonds. The van der Waals surface area contributed by atoms with Crippen LogP contribution < -0.4 is 26.0 Å². The van der Waals surface area contributed by atoms with Gasteiger partial charge in [0.15, 0.2) is 11.2 Å². The Morgan fingerprint density at radius 2 is 2.26 bits per heavy atom. The topological polar surface area (TPSA) is 137 Å². The maximum atomic E-state index is 12.5. The number of ether oxygens (including phenoxy) is 2. The van der Waals surface area contributed by atoms with Gasteiger partial charge in [0.1, 0.15) is 18.9 Å². The largest absolute Gasteiger partial charge is 0.470 e. The highest BCUT2D eigenvalue weighted by molar-refractivity contribution is 5.94. The van der Waals surface area contributed by atoms with E-state index in [0.29, 0.717) is 59.4 Å². The molecule has 196 valence electrons. The van der Waals surface area contributed by atoms with Gasteiger partial charge in [-0.1, -0.05) is 30.0 Å². The van der Waals surface area contributed by atoms with Crippen LogP contribution in [-0.2, 0) is 18.0 Å². The molecule has 3 aromatic rings. The summed E-state index contributed by atoms with van der Waals surface area (Å²) in [6.07, 6.45) is 11.0. The number of nitrogens with zero attached hydrogens (tertiary/aromatic N) is 5. The third kappa shape index (κ3) is 5.34. The predicted octanol–water partition coefficient (Wildman–Crippen LogP) is 0.427. The number of aromatic nitrogens is 4. The molecule has 5 rings (SSSR count). The summed E-state index contributed by atoms with van der Waals surface area (Å²) in [5.74, 6) is 0.485. The monoisotopic (exact) mass is 516 g/mol. The van der Waals surface area contributed by atoms with Crippen molar-refractivity contribution >= 4 is 23.8 Å². The van der Waals surface area contributed by atoms with Crippen LogP contribution in [-0.4, -0.2) is 57.2 Å². The summed E-state index contributed by atoms with van der Waals surface area (Å²) >= 11 is 0. The average Bonchev–Trinajstić information content (AvgIpc) is 3.58. The number of aliphatic hydroxyl groups excluding tert-OH is 1. The first-order valence-electron chi connectivity index (χ1n) is 12.2. The number of hydrogen-bond donors (Lipinski definition) is 2. The van der Waals surface area contributed by atoms with Gasteiger partial charge in [0, 0.05) is 36.4 Å². The molecule has 0 aromatic carbocycles. The second-order valence-electron chi connectivity index (χ2n) is 8.77. The first-order valence-corrected chi connectivity index (χ1v) is 12.2. The number of carbonyl (C=O) groups excluding carboxylic acids is 1. The number of rotatable bonds is 8. The second kappa shape index (κ2) is 11.4. The molecule has 1 fully saturated rings. The van der Waals surface area contributed by atoms with Gasteiger partial charge in [0.2, 0.25) is 5.88 Å². The fraction of sp³-hybridized carbons (Fsp3) is 0.296. The summed E-state index contributed by atoms with van der Waals surface area (Å²) < 4.78 is 18.1. The smallest absolute Gasteiger partial charge is 0.253 e. The molecule has 2 N–H and O–H groups in total. The van der Waals surface area contributed by atoms with Crippen LogP contribution in [0.5, 0.6) is 5.88 Å². The Morgan fingerprint density at radius 3 is 2.97 bits per heavy atom. The van der Waals surface area contributed by atoms with Crippen LogP contribution in [0.1, 0.15) is 40.3 Å². The van der Waals surface area contributed by atoms with Crippen molar-refractivity contribution in [2.45, 2.75) is 32.1 Å². The summed E-state index contributed by atoms with van der Waals surface area (Å²) in [7, 11) is 1.68. The standard InChI is InChI=1S/C27H28N6O5/c1-17(24-12-21(14-34)38-32-24)33-25(28-2)22-6-4-3-5-7-23(22)27(31-33)37-16-19-9-8-18(13-29-19)26(35)30-20-10-11-36-15-20/h3,5-9,12-13,20,34H,1,4,10-11,14-16H2,2H3,(H,30,35)/b28-25-. The van der Waals surface area contributed by atoms with Crippen molar-refractivity contribution in [3.05, 3.63) is 81.8 Å². The molecular weight excluding hydrogens is 488 g/mol. The molecule has 0 saturated carbocycles. The van der Waals surface area contributed by atoms with E-state index >= 15 is 0 Å². The highest BCUT2D eigenvalue weighted by atomic mass is 16.5. The Morgan fingerprint density at radius 1 is 1.37 bits per heavy atom. The molecule has 0 bridgehead atoms. The van der Waals surface area contributed by atoms with Gasteiger partial charge in [-0.3, -0.25) is 14.8 Å². The highest BCUT2D eigenvalue weighted by Gasteiger charge is 2.19. The van der Waals surface area contributed by atoms with Gasteiger partial charge >= 0.3 is 0 Å². The van der Waals surface area contributed by atoms with Crippen LogP contribution in [0.4, 0.5) is 0 Å². The van der Waals surface area contributed by atoms with Gasteiger partial charge in [0.25, 0.3) is 5.91 Å². The zero-order chi connectivity index (χ0) is 26.5. The minimum Gasteiger partial charge on any atom is -0.470 e. The zero-order valence-corrected chi connectivity index (χ0v) is 21.0. The molecule has 38 heavy (non-hydrogen) atoms. The van der Waals surface area contributed by atoms with E-state index in [9.17, 15) is 9.90 Å². The fourth-order valence-corrected chi connectivity index (χ4v) is 4.18. The van der Waals surface area contributed by atoms with Crippen molar-refractivity contribution in [1.29, 1.82) is 0 Å². The average molecular weight is 517 g/mol. The Bertz CT molecular complexity index is 1560. The number of fused-ring (bicyclic) bond motifs is 1. The van der Waals surface area contributed by atoms with Crippen molar-refractivity contribution in [2.24, 2.45) is 4.99 Å². The van der Waals surface area contributed by atoms with Crippen LogP contribution in [0.15, 0.2) is 52.6 Å². The minimum atomic E-state index is -0.279. The lowest BCUT2D eigenvalue weighted by Gasteiger charge is -2.13. The second-order valence-corrected chi connectivity index (χ2v) is 8.77. The normalized spacial score (nSPS) is 16.8. The molecule has 3 aromatic heterocycles. The van der Waals surface area contributed by atoms with Crippen LogP contribution in [0, 0.1) is 0 Å². The summed E-state index contributed by atoms with van der Waals surface area (Å²) in [5.41, 5.74) is 2.50. The first kappa shape index (κ1) is 25.3. The van der Waals surface area contributed by atoms with E-state index in [2.05, 4.69) is 27.0 Å². The summed E-state index contributed by atoms with van der Waals surface area (Å²) in [5, 5.41) is 22.6. The summed E-state index contributed by atoms with van der Waals surface area (Å²) in [6, 6.07) is 5.10. The van der Waals surface area contributed by atoms with Crippen LogP contribution in [0.3, 0.4) is 0 Å².